The Kier molecular flexibility index (Phi) is 5.96. The first-order valence-corrected chi connectivity index (χ1v) is 8.79. The maximum atomic E-state index is 14.3. The largest absolute Gasteiger partial charge is 0.503 e. The number of carbonyl (C=O) groups is 1. The Hall–Kier alpha value is -3.02. The van der Waals surface area contributed by atoms with Crippen molar-refractivity contribution in [3.05, 3.63) is 65.7 Å². The summed E-state index contributed by atoms with van der Waals surface area (Å²) in [5.41, 5.74) is 1.83. The Labute approximate surface area is 157 Å². The van der Waals surface area contributed by atoms with Gasteiger partial charge in [-0.15, -0.1) is 0 Å². The fourth-order valence-electron chi connectivity index (χ4n) is 2.72. The third-order valence-corrected chi connectivity index (χ3v) is 4.38. The van der Waals surface area contributed by atoms with Crippen molar-refractivity contribution in [2.75, 3.05) is 19.0 Å². The van der Waals surface area contributed by atoms with Gasteiger partial charge < -0.3 is 19.9 Å². The molecule has 0 aliphatic heterocycles. The standard InChI is InChI=1S/C21H22FNO4/c1-26-13-18(21(24)25)17-5-3-2-4-15(17)12-27-20-9-8-16(10-19(20)22)23-11-14-6-7-14/h2-5,8-10,13-14,23H,6-7,11-12H2,1H3,(H,24,25)/b18-13-. The minimum absolute atomic E-state index is 0.0109. The van der Waals surface area contributed by atoms with Crippen LogP contribution in [0.15, 0.2) is 48.7 Å². The first-order chi connectivity index (χ1) is 13.1. The molecule has 0 heterocycles. The molecule has 0 spiro atoms. The number of benzene rings is 2. The normalized spacial score (nSPS) is 13.9. The van der Waals surface area contributed by atoms with Crippen molar-refractivity contribution >= 4 is 17.2 Å². The fraction of sp³-hybridized carbons (Fsp3) is 0.286. The Morgan fingerprint density at radius 1 is 1.30 bits per heavy atom. The third kappa shape index (κ3) is 5.00. The van der Waals surface area contributed by atoms with E-state index in [9.17, 15) is 14.3 Å². The summed E-state index contributed by atoms with van der Waals surface area (Å²) < 4.78 is 24.8. The Morgan fingerprint density at radius 2 is 2.07 bits per heavy atom. The zero-order valence-electron chi connectivity index (χ0n) is 15.1. The zero-order valence-corrected chi connectivity index (χ0v) is 15.1. The molecule has 142 valence electrons. The first kappa shape index (κ1) is 18.8. The number of nitrogens with one attached hydrogen (secondary N) is 1. The van der Waals surface area contributed by atoms with Gasteiger partial charge in [-0.2, -0.15) is 0 Å². The van der Waals surface area contributed by atoms with Crippen molar-refractivity contribution < 1.29 is 23.8 Å². The summed E-state index contributed by atoms with van der Waals surface area (Å²) in [6, 6.07) is 11.7. The van der Waals surface area contributed by atoms with Gasteiger partial charge in [0.25, 0.3) is 0 Å². The molecular formula is C21H22FNO4. The lowest BCUT2D eigenvalue weighted by molar-refractivity contribution is -0.130. The van der Waals surface area contributed by atoms with Crippen LogP contribution < -0.4 is 10.1 Å². The quantitative estimate of drug-likeness (QED) is 0.508. The Balaban J connectivity index is 1.71. The molecule has 0 amide bonds. The van der Waals surface area contributed by atoms with Crippen molar-refractivity contribution in [2.24, 2.45) is 5.92 Å². The lowest BCUT2D eigenvalue weighted by Crippen LogP contribution is -2.07. The Morgan fingerprint density at radius 3 is 2.74 bits per heavy atom. The van der Waals surface area contributed by atoms with E-state index in [0.717, 1.165) is 12.2 Å². The molecule has 0 bridgehead atoms. The maximum Gasteiger partial charge on any atom is 0.339 e. The number of hydrogen-bond donors (Lipinski definition) is 2. The zero-order chi connectivity index (χ0) is 19.2. The molecule has 0 aromatic heterocycles. The summed E-state index contributed by atoms with van der Waals surface area (Å²) in [4.78, 5) is 11.5. The van der Waals surface area contributed by atoms with Gasteiger partial charge >= 0.3 is 5.97 Å². The van der Waals surface area contributed by atoms with Crippen LogP contribution in [0.2, 0.25) is 0 Å². The van der Waals surface area contributed by atoms with Crippen molar-refractivity contribution in [3.8, 4) is 5.75 Å². The molecule has 5 nitrogen and oxygen atoms in total. The smallest absolute Gasteiger partial charge is 0.339 e. The molecule has 1 fully saturated rings. The van der Waals surface area contributed by atoms with Gasteiger partial charge in [-0.1, -0.05) is 24.3 Å². The second-order valence-corrected chi connectivity index (χ2v) is 6.49. The number of ether oxygens (including phenoxy) is 2. The summed E-state index contributed by atoms with van der Waals surface area (Å²) >= 11 is 0. The van der Waals surface area contributed by atoms with Crippen molar-refractivity contribution in [2.45, 2.75) is 19.4 Å². The van der Waals surface area contributed by atoms with E-state index in [1.165, 1.54) is 32.3 Å². The molecule has 1 saturated carbocycles. The van der Waals surface area contributed by atoms with E-state index in [1.807, 2.05) is 0 Å². The van der Waals surface area contributed by atoms with E-state index in [-0.39, 0.29) is 17.9 Å². The number of rotatable bonds is 9. The summed E-state index contributed by atoms with van der Waals surface area (Å²) in [5.74, 6) is -0.751. The van der Waals surface area contributed by atoms with Gasteiger partial charge in [0.1, 0.15) is 12.2 Å². The molecule has 1 aliphatic carbocycles. The van der Waals surface area contributed by atoms with E-state index in [0.29, 0.717) is 17.0 Å². The number of hydrogen-bond acceptors (Lipinski definition) is 4. The van der Waals surface area contributed by atoms with Gasteiger partial charge in [0.2, 0.25) is 0 Å². The lowest BCUT2D eigenvalue weighted by Gasteiger charge is -2.13. The SMILES string of the molecule is CO/C=C(\C(=O)O)c1ccccc1COc1ccc(NCC2CC2)cc1F. The van der Waals surface area contributed by atoms with Gasteiger partial charge in [-0.25, -0.2) is 9.18 Å². The molecule has 0 atom stereocenters. The summed E-state index contributed by atoms with van der Waals surface area (Å²) in [7, 11) is 1.39. The third-order valence-electron chi connectivity index (χ3n) is 4.38. The molecule has 0 saturated heterocycles. The number of methoxy groups -OCH3 is 1. The molecular weight excluding hydrogens is 349 g/mol. The first-order valence-electron chi connectivity index (χ1n) is 8.79. The number of carboxylic acids is 1. The van der Waals surface area contributed by atoms with Crippen LogP contribution in [-0.4, -0.2) is 24.7 Å². The lowest BCUT2D eigenvalue weighted by atomic mass is 10.0. The number of carboxylic acid groups (broad SMARTS) is 1. The van der Waals surface area contributed by atoms with Gasteiger partial charge in [0.15, 0.2) is 11.6 Å². The monoisotopic (exact) mass is 371 g/mol. The number of anilines is 1. The minimum atomic E-state index is -1.11. The van der Waals surface area contributed by atoms with Crippen LogP contribution in [0.5, 0.6) is 5.75 Å². The molecule has 27 heavy (non-hydrogen) atoms. The maximum absolute atomic E-state index is 14.3. The van der Waals surface area contributed by atoms with E-state index in [2.05, 4.69) is 5.32 Å². The highest BCUT2D eigenvalue weighted by Crippen LogP contribution is 2.30. The molecule has 2 aromatic carbocycles. The van der Waals surface area contributed by atoms with Gasteiger partial charge in [0, 0.05) is 18.3 Å². The van der Waals surface area contributed by atoms with Crippen molar-refractivity contribution in [1.82, 2.24) is 0 Å². The molecule has 2 N–H and O–H groups in total. The minimum Gasteiger partial charge on any atom is -0.503 e. The summed E-state index contributed by atoms with van der Waals surface area (Å²) in [6.45, 7) is 0.896. The van der Waals surface area contributed by atoms with Crippen LogP contribution in [0.25, 0.3) is 5.57 Å². The van der Waals surface area contributed by atoms with Crippen LogP contribution in [0.4, 0.5) is 10.1 Å². The average Bonchev–Trinajstić information content (AvgIpc) is 3.48. The van der Waals surface area contributed by atoms with Crippen LogP contribution in [0.3, 0.4) is 0 Å². The molecule has 6 heteroatoms. The van der Waals surface area contributed by atoms with E-state index < -0.39 is 11.8 Å². The predicted octanol–water partition coefficient (Wildman–Crippen LogP) is 4.30. The number of halogens is 1. The van der Waals surface area contributed by atoms with Crippen LogP contribution in [0.1, 0.15) is 24.0 Å². The molecule has 1 aliphatic rings. The summed E-state index contributed by atoms with van der Waals surface area (Å²) in [5, 5.41) is 12.6. The van der Waals surface area contributed by atoms with Crippen LogP contribution >= 0.6 is 0 Å². The molecule has 2 aromatic rings. The topological polar surface area (TPSA) is 67.8 Å². The van der Waals surface area contributed by atoms with Gasteiger partial charge in [0.05, 0.1) is 13.4 Å². The second-order valence-electron chi connectivity index (χ2n) is 6.49. The fourth-order valence-corrected chi connectivity index (χ4v) is 2.72. The molecule has 0 radical (unpaired) electrons. The predicted molar refractivity (Wildman–Crippen MR) is 101 cm³/mol. The molecule has 3 rings (SSSR count). The van der Waals surface area contributed by atoms with Crippen molar-refractivity contribution in [1.29, 1.82) is 0 Å². The van der Waals surface area contributed by atoms with Gasteiger partial charge in [-0.05, 0) is 42.0 Å². The van der Waals surface area contributed by atoms with E-state index in [4.69, 9.17) is 9.47 Å². The average molecular weight is 371 g/mol. The van der Waals surface area contributed by atoms with Gasteiger partial charge in [-0.3, -0.25) is 0 Å². The Bertz CT molecular complexity index is 846. The van der Waals surface area contributed by atoms with E-state index >= 15 is 0 Å². The number of aliphatic carboxylic acids is 1. The second kappa shape index (κ2) is 8.58. The summed E-state index contributed by atoms with van der Waals surface area (Å²) in [6.07, 6.45) is 3.62. The van der Waals surface area contributed by atoms with E-state index in [1.54, 1.807) is 36.4 Å². The van der Waals surface area contributed by atoms with Crippen molar-refractivity contribution in [3.63, 3.8) is 0 Å². The molecule has 0 unspecified atom stereocenters. The highest BCUT2D eigenvalue weighted by Gasteiger charge is 2.20. The highest BCUT2D eigenvalue weighted by atomic mass is 19.1. The highest BCUT2D eigenvalue weighted by molar-refractivity contribution is 6.15. The van der Waals surface area contributed by atoms with Crippen LogP contribution in [0, 0.1) is 11.7 Å². The van der Waals surface area contributed by atoms with Crippen LogP contribution in [-0.2, 0) is 16.1 Å².